The van der Waals surface area contributed by atoms with Gasteiger partial charge < -0.3 is 10.6 Å². The van der Waals surface area contributed by atoms with Gasteiger partial charge in [0, 0.05) is 4.47 Å². The van der Waals surface area contributed by atoms with Crippen LogP contribution in [0.2, 0.25) is 0 Å². The van der Waals surface area contributed by atoms with Crippen molar-refractivity contribution in [2.24, 2.45) is 0 Å². The molecule has 0 bridgehead atoms. The Kier molecular flexibility index (Phi) is 5.09. The van der Waals surface area contributed by atoms with Crippen LogP contribution in [-0.4, -0.2) is 25.2 Å². The van der Waals surface area contributed by atoms with Crippen LogP contribution in [0.5, 0.6) is 0 Å². The molecule has 0 fully saturated rings. The molecule has 3 nitrogen and oxygen atoms in total. The number of amides is 1. The first kappa shape index (κ1) is 14.9. The summed E-state index contributed by atoms with van der Waals surface area (Å²) in [6, 6.07) is 3.88. The number of anilines is 1. The smallest absolute Gasteiger partial charge is 0.322 e. The second kappa shape index (κ2) is 6.14. The highest BCUT2D eigenvalue weighted by Crippen LogP contribution is 2.19. The lowest BCUT2D eigenvalue weighted by Crippen LogP contribution is -2.35. The van der Waals surface area contributed by atoms with E-state index in [0.717, 1.165) is 6.07 Å². The molecule has 2 N–H and O–H groups in total. The molecule has 18 heavy (non-hydrogen) atoms. The molecule has 8 heteroatoms. The van der Waals surface area contributed by atoms with Gasteiger partial charge in [-0.1, -0.05) is 15.9 Å². The molecule has 0 saturated carbocycles. The van der Waals surface area contributed by atoms with Crippen LogP contribution in [-0.2, 0) is 4.79 Å². The first-order valence-corrected chi connectivity index (χ1v) is 5.59. The zero-order valence-corrected chi connectivity index (χ0v) is 10.5. The Morgan fingerprint density at radius 1 is 1.33 bits per heavy atom. The number of nitrogens with one attached hydrogen (secondary N) is 2. The topological polar surface area (TPSA) is 41.1 Å². The molecule has 100 valence electrons. The quantitative estimate of drug-likeness (QED) is 0.834. The van der Waals surface area contributed by atoms with Crippen molar-refractivity contribution in [2.75, 3.05) is 18.4 Å². The minimum absolute atomic E-state index is 0.0943. The third kappa shape index (κ3) is 5.46. The summed E-state index contributed by atoms with van der Waals surface area (Å²) in [6.45, 7) is -1.83. The molecule has 1 rings (SSSR count). The highest BCUT2D eigenvalue weighted by Gasteiger charge is 2.26. The third-order valence-electron chi connectivity index (χ3n) is 1.81. The van der Waals surface area contributed by atoms with Crippen LogP contribution < -0.4 is 10.6 Å². The van der Waals surface area contributed by atoms with Gasteiger partial charge in [-0.3, -0.25) is 4.79 Å². The monoisotopic (exact) mass is 328 g/mol. The molecule has 0 aliphatic carbocycles. The number of carbonyl (C=O) groups is 1. The lowest BCUT2D eigenvalue weighted by molar-refractivity contribution is -0.126. The van der Waals surface area contributed by atoms with Gasteiger partial charge in [-0.2, -0.15) is 13.2 Å². The van der Waals surface area contributed by atoms with E-state index in [1.807, 2.05) is 5.32 Å². The summed E-state index contributed by atoms with van der Waals surface area (Å²) in [6.07, 6.45) is -4.39. The van der Waals surface area contributed by atoms with E-state index in [1.54, 1.807) is 0 Å². The average molecular weight is 329 g/mol. The maximum Gasteiger partial charge on any atom is 0.401 e. The molecule has 0 saturated heterocycles. The van der Waals surface area contributed by atoms with Gasteiger partial charge in [0.1, 0.15) is 5.82 Å². The maximum absolute atomic E-state index is 13.2. The minimum Gasteiger partial charge on any atom is -0.322 e. The SMILES string of the molecule is O=C(CNCC(F)(F)F)Nc1cc(Br)ccc1F. The van der Waals surface area contributed by atoms with Crippen molar-refractivity contribution in [2.45, 2.75) is 6.18 Å². The Labute approximate surface area is 109 Å². The summed E-state index contributed by atoms with van der Waals surface area (Å²) in [5, 5.41) is 4.07. The predicted molar refractivity (Wildman–Crippen MR) is 61.7 cm³/mol. The number of halogens is 5. The molecule has 0 atom stereocenters. The average Bonchev–Trinajstić information content (AvgIpc) is 2.21. The Hall–Kier alpha value is -1.15. The van der Waals surface area contributed by atoms with Gasteiger partial charge in [-0.15, -0.1) is 0 Å². The van der Waals surface area contributed by atoms with E-state index in [9.17, 15) is 22.4 Å². The number of hydrogen-bond acceptors (Lipinski definition) is 2. The summed E-state index contributed by atoms with van der Waals surface area (Å²) >= 11 is 3.08. The van der Waals surface area contributed by atoms with Crippen LogP contribution in [0, 0.1) is 5.82 Å². The summed E-state index contributed by atoms with van der Waals surface area (Å²) in [5.74, 6) is -1.42. The van der Waals surface area contributed by atoms with E-state index in [2.05, 4.69) is 21.2 Å². The predicted octanol–water partition coefficient (Wildman–Crippen LogP) is 2.68. The van der Waals surface area contributed by atoms with Crippen LogP contribution >= 0.6 is 15.9 Å². The standard InChI is InChI=1S/C10H9BrF4N2O/c11-6-1-2-7(12)8(3-6)17-9(18)4-16-5-10(13,14)15/h1-3,16H,4-5H2,(H,17,18). The molecule has 0 radical (unpaired) electrons. The lowest BCUT2D eigenvalue weighted by Gasteiger charge is -2.09. The summed E-state index contributed by atoms with van der Waals surface area (Å²) < 4.78 is 49.1. The highest BCUT2D eigenvalue weighted by atomic mass is 79.9. The summed E-state index contributed by atoms with van der Waals surface area (Å²) in [4.78, 5) is 11.2. The van der Waals surface area contributed by atoms with E-state index in [0.29, 0.717) is 4.47 Å². The molecule has 0 aromatic heterocycles. The zero-order chi connectivity index (χ0) is 13.8. The molecule has 0 aliphatic rings. The molecule has 0 spiro atoms. The molecular weight excluding hydrogens is 320 g/mol. The molecule has 0 aliphatic heterocycles. The van der Waals surface area contributed by atoms with Crippen molar-refractivity contribution in [3.63, 3.8) is 0 Å². The van der Waals surface area contributed by atoms with Crippen LogP contribution in [0.1, 0.15) is 0 Å². The number of hydrogen-bond donors (Lipinski definition) is 2. The Balaban J connectivity index is 2.47. The largest absolute Gasteiger partial charge is 0.401 e. The van der Waals surface area contributed by atoms with Gasteiger partial charge in [0.05, 0.1) is 18.8 Å². The van der Waals surface area contributed by atoms with Gasteiger partial charge in [0.25, 0.3) is 0 Å². The van der Waals surface area contributed by atoms with E-state index in [4.69, 9.17) is 0 Å². The van der Waals surface area contributed by atoms with Gasteiger partial charge in [-0.05, 0) is 18.2 Å². The molecule has 0 unspecified atom stereocenters. The first-order valence-electron chi connectivity index (χ1n) is 4.80. The zero-order valence-electron chi connectivity index (χ0n) is 8.94. The van der Waals surface area contributed by atoms with E-state index in [1.165, 1.54) is 12.1 Å². The van der Waals surface area contributed by atoms with E-state index >= 15 is 0 Å². The van der Waals surface area contributed by atoms with Gasteiger partial charge in [0.15, 0.2) is 0 Å². The van der Waals surface area contributed by atoms with Gasteiger partial charge in [-0.25, -0.2) is 4.39 Å². The highest BCUT2D eigenvalue weighted by molar-refractivity contribution is 9.10. The van der Waals surface area contributed by atoms with Crippen LogP contribution in [0.25, 0.3) is 0 Å². The van der Waals surface area contributed by atoms with Crippen molar-refractivity contribution in [3.05, 3.63) is 28.5 Å². The van der Waals surface area contributed by atoms with Crippen molar-refractivity contribution >= 4 is 27.5 Å². The van der Waals surface area contributed by atoms with Crippen molar-refractivity contribution < 1.29 is 22.4 Å². The van der Waals surface area contributed by atoms with Crippen molar-refractivity contribution in [1.82, 2.24) is 5.32 Å². The number of carbonyl (C=O) groups excluding carboxylic acids is 1. The third-order valence-corrected chi connectivity index (χ3v) is 2.31. The van der Waals surface area contributed by atoms with Crippen molar-refractivity contribution in [1.29, 1.82) is 0 Å². The summed E-state index contributed by atoms with van der Waals surface area (Å²) in [7, 11) is 0. The maximum atomic E-state index is 13.2. The Morgan fingerprint density at radius 2 is 2.00 bits per heavy atom. The molecule has 0 heterocycles. The minimum atomic E-state index is -4.39. The van der Waals surface area contributed by atoms with Gasteiger partial charge in [0.2, 0.25) is 5.91 Å². The van der Waals surface area contributed by atoms with Crippen LogP contribution in [0.3, 0.4) is 0 Å². The van der Waals surface area contributed by atoms with E-state index < -0.39 is 31.0 Å². The van der Waals surface area contributed by atoms with E-state index in [-0.39, 0.29) is 5.69 Å². The van der Waals surface area contributed by atoms with Crippen LogP contribution in [0.15, 0.2) is 22.7 Å². The fourth-order valence-corrected chi connectivity index (χ4v) is 1.47. The van der Waals surface area contributed by atoms with Crippen molar-refractivity contribution in [3.8, 4) is 0 Å². The second-order valence-electron chi connectivity index (χ2n) is 3.39. The Bertz CT molecular complexity index is 436. The fourth-order valence-electron chi connectivity index (χ4n) is 1.11. The normalized spacial score (nSPS) is 11.4. The van der Waals surface area contributed by atoms with Gasteiger partial charge >= 0.3 is 6.18 Å². The Morgan fingerprint density at radius 3 is 2.61 bits per heavy atom. The second-order valence-corrected chi connectivity index (χ2v) is 4.31. The fraction of sp³-hybridized carbons (Fsp3) is 0.300. The molecule has 1 amide bonds. The number of benzene rings is 1. The first-order chi connectivity index (χ1) is 8.28. The molecule has 1 aromatic carbocycles. The van der Waals surface area contributed by atoms with Crippen LogP contribution in [0.4, 0.5) is 23.2 Å². The molecular formula is C10H9BrF4N2O. The lowest BCUT2D eigenvalue weighted by atomic mass is 10.3. The number of alkyl halides is 3. The summed E-state index contributed by atoms with van der Waals surface area (Å²) in [5.41, 5.74) is -0.0943. The number of rotatable bonds is 4. The molecule has 1 aromatic rings.